The molecule has 4 rings (SSSR count). The minimum absolute atomic E-state index is 0.0321. The van der Waals surface area contributed by atoms with E-state index >= 15 is 0 Å². The van der Waals surface area contributed by atoms with Crippen molar-refractivity contribution in [2.75, 3.05) is 4.90 Å². The Bertz CT molecular complexity index is 1250. The van der Waals surface area contributed by atoms with Crippen LogP contribution in [0.1, 0.15) is 49.3 Å². The van der Waals surface area contributed by atoms with Crippen LogP contribution in [0.4, 0.5) is 5.69 Å². The summed E-state index contributed by atoms with van der Waals surface area (Å²) >= 11 is 12.9. The van der Waals surface area contributed by atoms with E-state index in [4.69, 9.17) is 28.9 Å². The van der Waals surface area contributed by atoms with Crippen molar-refractivity contribution >= 4 is 34.7 Å². The molecule has 0 spiro atoms. The van der Waals surface area contributed by atoms with Crippen LogP contribution in [-0.2, 0) is 4.79 Å². The van der Waals surface area contributed by atoms with Gasteiger partial charge in [-0.05, 0) is 48.9 Å². The number of benzene rings is 2. The first-order chi connectivity index (χ1) is 15.1. The minimum Gasteiger partial charge on any atom is -0.384 e. The van der Waals surface area contributed by atoms with Crippen molar-refractivity contribution in [3.8, 4) is 6.07 Å². The van der Waals surface area contributed by atoms with Gasteiger partial charge in [0.2, 0.25) is 0 Å². The first kappa shape index (κ1) is 22.5. The van der Waals surface area contributed by atoms with E-state index in [2.05, 4.69) is 26.0 Å². The molecule has 0 aromatic heterocycles. The molecule has 2 N–H and O–H groups in total. The predicted molar refractivity (Wildman–Crippen MR) is 129 cm³/mol. The Morgan fingerprint density at radius 2 is 1.88 bits per heavy atom. The first-order valence-corrected chi connectivity index (χ1v) is 11.3. The molecule has 1 aliphatic carbocycles. The Labute approximate surface area is 198 Å². The third kappa shape index (κ3) is 3.60. The number of ketones is 1. The van der Waals surface area contributed by atoms with Gasteiger partial charge in [-0.2, -0.15) is 5.26 Å². The molecule has 1 heterocycles. The molecule has 32 heavy (non-hydrogen) atoms. The van der Waals surface area contributed by atoms with Crippen LogP contribution in [0.5, 0.6) is 0 Å². The van der Waals surface area contributed by atoms with Crippen molar-refractivity contribution in [1.82, 2.24) is 0 Å². The zero-order chi connectivity index (χ0) is 23.4. The lowest BCUT2D eigenvalue weighted by molar-refractivity contribution is -0.118. The standard InChI is InChI=1S/C26H25Cl2N3O/c1-14-8-9-16(15(2)10-14)22-17(13-29)25(30)31(19-7-5-6-18(27)24(19)28)20-11-26(3,4)12-21(32)23(20)22/h5-10,22H,11-12,30H2,1-4H3. The molecule has 2 aromatic rings. The number of carbonyl (C=O) groups is 1. The molecule has 1 aliphatic heterocycles. The smallest absolute Gasteiger partial charge is 0.162 e. The van der Waals surface area contributed by atoms with Gasteiger partial charge in [-0.25, -0.2) is 0 Å². The highest BCUT2D eigenvalue weighted by Crippen LogP contribution is 2.51. The van der Waals surface area contributed by atoms with Gasteiger partial charge in [0.05, 0.1) is 33.3 Å². The molecular formula is C26H25Cl2N3O. The van der Waals surface area contributed by atoms with E-state index in [0.29, 0.717) is 39.7 Å². The van der Waals surface area contributed by atoms with Crippen molar-refractivity contribution in [3.63, 3.8) is 0 Å². The van der Waals surface area contributed by atoms with Crippen molar-refractivity contribution in [2.45, 2.75) is 46.5 Å². The number of allylic oxidation sites excluding steroid dienone is 3. The fourth-order valence-corrected chi connectivity index (χ4v) is 5.29. The van der Waals surface area contributed by atoms with Gasteiger partial charge in [-0.15, -0.1) is 0 Å². The minimum atomic E-state index is -0.506. The number of nitrogens with two attached hydrogens (primary N) is 1. The molecule has 0 bridgehead atoms. The van der Waals surface area contributed by atoms with Crippen molar-refractivity contribution < 1.29 is 4.79 Å². The number of rotatable bonds is 2. The number of hydrogen-bond acceptors (Lipinski definition) is 4. The maximum atomic E-state index is 13.6. The fourth-order valence-electron chi connectivity index (χ4n) is 4.91. The second kappa shape index (κ2) is 7.99. The highest BCUT2D eigenvalue weighted by Gasteiger charge is 2.45. The van der Waals surface area contributed by atoms with Gasteiger partial charge in [-0.3, -0.25) is 9.69 Å². The summed E-state index contributed by atoms with van der Waals surface area (Å²) in [5.41, 5.74) is 11.8. The number of hydrogen-bond donors (Lipinski definition) is 1. The SMILES string of the molecule is Cc1ccc(C2C(C#N)=C(N)N(c3cccc(Cl)c3Cl)C3=C2C(=O)CC(C)(C)C3)c(C)c1. The van der Waals surface area contributed by atoms with Crippen LogP contribution in [-0.4, -0.2) is 5.78 Å². The van der Waals surface area contributed by atoms with Crippen molar-refractivity contribution in [1.29, 1.82) is 5.26 Å². The van der Waals surface area contributed by atoms with Crippen molar-refractivity contribution in [3.05, 3.63) is 85.8 Å². The topological polar surface area (TPSA) is 70.1 Å². The third-order valence-electron chi connectivity index (χ3n) is 6.29. The second-order valence-electron chi connectivity index (χ2n) is 9.41. The van der Waals surface area contributed by atoms with Crippen LogP contribution in [0.25, 0.3) is 0 Å². The number of nitriles is 1. The number of halogens is 2. The summed E-state index contributed by atoms with van der Waals surface area (Å²) in [5, 5.41) is 10.9. The Hall–Kier alpha value is -2.74. The molecule has 6 heteroatoms. The van der Waals surface area contributed by atoms with Gasteiger partial charge in [0.15, 0.2) is 5.78 Å². The Morgan fingerprint density at radius 3 is 2.53 bits per heavy atom. The van der Waals surface area contributed by atoms with E-state index in [-0.39, 0.29) is 17.0 Å². The van der Waals surface area contributed by atoms with E-state index in [1.165, 1.54) is 0 Å². The number of anilines is 1. The number of nitrogens with zero attached hydrogens (tertiary/aromatic N) is 2. The average Bonchev–Trinajstić information content (AvgIpc) is 2.69. The Balaban J connectivity index is 2.06. The largest absolute Gasteiger partial charge is 0.384 e. The zero-order valence-electron chi connectivity index (χ0n) is 18.6. The van der Waals surface area contributed by atoms with E-state index in [1.807, 2.05) is 32.0 Å². The van der Waals surface area contributed by atoms with E-state index < -0.39 is 5.92 Å². The van der Waals surface area contributed by atoms with Gasteiger partial charge in [0.25, 0.3) is 0 Å². The summed E-state index contributed by atoms with van der Waals surface area (Å²) in [6, 6.07) is 13.7. The molecule has 0 saturated heterocycles. The number of Topliss-reactive ketones (excluding diaryl/α,β-unsaturated/α-hetero) is 1. The first-order valence-electron chi connectivity index (χ1n) is 10.5. The molecule has 2 aromatic carbocycles. The lowest BCUT2D eigenvalue weighted by Crippen LogP contribution is -2.42. The second-order valence-corrected chi connectivity index (χ2v) is 10.2. The van der Waals surface area contributed by atoms with Crippen LogP contribution < -0.4 is 10.6 Å². The molecule has 1 atom stereocenters. The highest BCUT2D eigenvalue weighted by molar-refractivity contribution is 6.43. The average molecular weight is 466 g/mol. The Morgan fingerprint density at radius 1 is 1.16 bits per heavy atom. The van der Waals surface area contributed by atoms with E-state index in [9.17, 15) is 10.1 Å². The molecule has 4 nitrogen and oxygen atoms in total. The summed E-state index contributed by atoms with van der Waals surface area (Å²) in [6.45, 7) is 8.16. The summed E-state index contributed by atoms with van der Waals surface area (Å²) in [6.07, 6.45) is 1.03. The van der Waals surface area contributed by atoms with Crippen LogP contribution in [0.15, 0.2) is 59.1 Å². The molecule has 1 unspecified atom stereocenters. The zero-order valence-corrected chi connectivity index (χ0v) is 20.1. The van der Waals surface area contributed by atoms with Crippen LogP contribution in [0.2, 0.25) is 10.0 Å². The van der Waals surface area contributed by atoms with Gasteiger partial charge in [0.1, 0.15) is 5.82 Å². The maximum Gasteiger partial charge on any atom is 0.162 e. The van der Waals surface area contributed by atoms with Crippen LogP contribution in [0, 0.1) is 30.6 Å². The fraction of sp³-hybridized carbons (Fsp3) is 0.308. The lowest BCUT2D eigenvalue weighted by Gasteiger charge is -2.44. The molecular weight excluding hydrogens is 441 g/mol. The third-order valence-corrected chi connectivity index (χ3v) is 7.10. The van der Waals surface area contributed by atoms with Gasteiger partial charge < -0.3 is 5.73 Å². The lowest BCUT2D eigenvalue weighted by atomic mass is 9.68. The quantitative estimate of drug-likeness (QED) is 0.545. The summed E-state index contributed by atoms with van der Waals surface area (Å²) in [4.78, 5) is 15.4. The van der Waals surface area contributed by atoms with Gasteiger partial charge >= 0.3 is 0 Å². The summed E-state index contributed by atoms with van der Waals surface area (Å²) in [5.74, 6) is -0.191. The van der Waals surface area contributed by atoms with Crippen molar-refractivity contribution in [2.24, 2.45) is 11.1 Å². The van der Waals surface area contributed by atoms with Crippen LogP contribution >= 0.6 is 23.2 Å². The molecule has 0 fully saturated rings. The summed E-state index contributed by atoms with van der Waals surface area (Å²) < 4.78 is 0. The number of carbonyl (C=O) groups excluding carboxylic acids is 1. The maximum absolute atomic E-state index is 13.6. The molecule has 0 radical (unpaired) electrons. The van der Waals surface area contributed by atoms with Crippen LogP contribution in [0.3, 0.4) is 0 Å². The molecule has 164 valence electrons. The summed E-state index contributed by atoms with van der Waals surface area (Å²) in [7, 11) is 0. The molecule has 0 amide bonds. The Kier molecular flexibility index (Phi) is 5.61. The van der Waals surface area contributed by atoms with Gasteiger partial charge in [0, 0.05) is 17.7 Å². The van der Waals surface area contributed by atoms with E-state index in [0.717, 1.165) is 22.4 Å². The van der Waals surface area contributed by atoms with E-state index in [1.54, 1.807) is 17.0 Å². The van der Waals surface area contributed by atoms with Gasteiger partial charge in [-0.1, -0.05) is 66.9 Å². The normalized spacial score (nSPS) is 20.3. The monoisotopic (exact) mass is 465 g/mol. The molecule has 2 aliphatic rings. The predicted octanol–water partition coefficient (Wildman–Crippen LogP) is 6.55. The number of aryl methyl sites for hydroxylation is 2. The highest BCUT2D eigenvalue weighted by atomic mass is 35.5. The molecule has 0 saturated carbocycles.